The summed E-state index contributed by atoms with van der Waals surface area (Å²) in [6.07, 6.45) is 1.71. The highest BCUT2D eigenvalue weighted by Crippen LogP contribution is 2.21. The maximum absolute atomic E-state index is 11.3. The standard InChI is InChI=1S/C16H21NO/c1-13-8-9-17(12-16(13)10-14(2)18)11-15-6-4-3-5-7-15/h3-7H,8-12H2,1-2H3. The summed E-state index contributed by atoms with van der Waals surface area (Å²) in [6.45, 7) is 6.87. The van der Waals surface area contributed by atoms with Gasteiger partial charge in [-0.05, 0) is 31.4 Å². The van der Waals surface area contributed by atoms with Gasteiger partial charge in [-0.2, -0.15) is 0 Å². The van der Waals surface area contributed by atoms with Crippen molar-refractivity contribution in [3.05, 3.63) is 47.0 Å². The lowest BCUT2D eigenvalue weighted by molar-refractivity contribution is -0.116. The Morgan fingerprint density at radius 1 is 1.28 bits per heavy atom. The smallest absolute Gasteiger partial charge is 0.133 e. The molecule has 0 saturated carbocycles. The third kappa shape index (κ3) is 3.54. The first-order valence-electron chi connectivity index (χ1n) is 6.58. The molecular weight excluding hydrogens is 222 g/mol. The van der Waals surface area contributed by atoms with Gasteiger partial charge in [-0.25, -0.2) is 0 Å². The molecule has 1 aromatic rings. The molecule has 0 saturated heterocycles. The van der Waals surface area contributed by atoms with Crippen molar-refractivity contribution in [2.24, 2.45) is 0 Å². The minimum atomic E-state index is 0.269. The molecule has 1 aliphatic heterocycles. The van der Waals surface area contributed by atoms with E-state index in [1.54, 1.807) is 6.92 Å². The van der Waals surface area contributed by atoms with Crippen molar-refractivity contribution in [2.75, 3.05) is 13.1 Å². The summed E-state index contributed by atoms with van der Waals surface area (Å²) >= 11 is 0. The van der Waals surface area contributed by atoms with Gasteiger partial charge < -0.3 is 0 Å². The van der Waals surface area contributed by atoms with Crippen LogP contribution in [0.15, 0.2) is 41.5 Å². The fraction of sp³-hybridized carbons (Fsp3) is 0.438. The Morgan fingerprint density at radius 3 is 2.67 bits per heavy atom. The largest absolute Gasteiger partial charge is 0.300 e. The number of ketones is 1. The van der Waals surface area contributed by atoms with Crippen LogP contribution in [-0.2, 0) is 11.3 Å². The third-order valence-electron chi connectivity index (χ3n) is 3.53. The molecule has 0 spiro atoms. The average molecular weight is 243 g/mol. The van der Waals surface area contributed by atoms with Crippen LogP contribution in [0.3, 0.4) is 0 Å². The number of hydrogen-bond acceptors (Lipinski definition) is 2. The van der Waals surface area contributed by atoms with Gasteiger partial charge in [-0.15, -0.1) is 0 Å². The van der Waals surface area contributed by atoms with Crippen LogP contribution in [0.4, 0.5) is 0 Å². The predicted molar refractivity (Wildman–Crippen MR) is 74.3 cm³/mol. The Balaban J connectivity index is 1.99. The van der Waals surface area contributed by atoms with Crippen LogP contribution in [0, 0.1) is 0 Å². The number of carbonyl (C=O) groups excluding carboxylic acids is 1. The van der Waals surface area contributed by atoms with Crippen LogP contribution < -0.4 is 0 Å². The van der Waals surface area contributed by atoms with Crippen LogP contribution in [-0.4, -0.2) is 23.8 Å². The zero-order valence-electron chi connectivity index (χ0n) is 11.3. The van der Waals surface area contributed by atoms with Crippen molar-refractivity contribution >= 4 is 5.78 Å². The van der Waals surface area contributed by atoms with Gasteiger partial charge in [-0.3, -0.25) is 9.69 Å². The molecule has 1 heterocycles. The summed E-state index contributed by atoms with van der Waals surface area (Å²) in [5, 5.41) is 0. The molecule has 0 fully saturated rings. The average Bonchev–Trinajstić information content (AvgIpc) is 2.34. The number of benzene rings is 1. The number of carbonyl (C=O) groups is 1. The third-order valence-corrected chi connectivity index (χ3v) is 3.53. The Labute approximate surface area is 109 Å². The highest BCUT2D eigenvalue weighted by Gasteiger charge is 2.17. The van der Waals surface area contributed by atoms with E-state index < -0.39 is 0 Å². The van der Waals surface area contributed by atoms with Gasteiger partial charge in [0.2, 0.25) is 0 Å². The number of hydrogen-bond donors (Lipinski definition) is 0. The molecule has 18 heavy (non-hydrogen) atoms. The molecule has 2 heteroatoms. The van der Waals surface area contributed by atoms with Crippen LogP contribution >= 0.6 is 0 Å². The zero-order chi connectivity index (χ0) is 13.0. The summed E-state index contributed by atoms with van der Waals surface area (Å²) in [6, 6.07) is 10.5. The summed E-state index contributed by atoms with van der Waals surface area (Å²) < 4.78 is 0. The summed E-state index contributed by atoms with van der Waals surface area (Å²) in [5.41, 5.74) is 4.08. The van der Waals surface area contributed by atoms with Crippen molar-refractivity contribution in [1.29, 1.82) is 0 Å². The van der Waals surface area contributed by atoms with E-state index in [9.17, 15) is 4.79 Å². The summed E-state index contributed by atoms with van der Waals surface area (Å²) in [4.78, 5) is 13.7. The van der Waals surface area contributed by atoms with E-state index in [-0.39, 0.29) is 5.78 Å². The predicted octanol–water partition coefficient (Wildman–Crippen LogP) is 3.19. The number of nitrogens with zero attached hydrogens (tertiary/aromatic N) is 1. The minimum Gasteiger partial charge on any atom is -0.300 e. The highest BCUT2D eigenvalue weighted by molar-refractivity contribution is 5.78. The van der Waals surface area contributed by atoms with Gasteiger partial charge in [0.1, 0.15) is 5.78 Å². The Kier molecular flexibility index (Phi) is 4.32. The second kappa shape index (κ2) is 5.96. The molecule has 0 amide bonds. The molecule has 0 N–H and O–H groups in total. The quantitative estimate of drug-likeness (QED) is 0.757. The topological polar surface area (TPSA) is 20.3 Å². The molecule has 0 atom stereocenters. The van der Waals surface area contributed by atoms with E-state index >= 15 is 0 Å². The normalized spacial score (nSPS) is 17.0. The maximum Gasteiger partial charge on any atom is 0.133 e. The fourth-order valence-corrected chi connectivity index (χ4v) is 2.47. The lowest BCUT2D eigenvalue weighted by atomic mass is 9.97. The minimum absolute atomic E-state index is 0.269. The molecule has 2 nitrogen and oxygen atoms in total. The van der Waals surface area contributed by atoms with Gasteiger partial charge >= 0.3 is 0 Å². The van der Waals surface area contributed by atoms with Crippen LogP contribution in [0.5, 0.6) is 0 Å². The molecule has 0 aliphatic carbocycles. The van der Waals surface area contributed by atoms with Gasteiger partial charge in [0.25, 0.3) is 0 Å². The van der Waals surface area contributed by atoms with Crippen molar-refractivity contribution in [2.45, 2.75) is 33.2 Å². The lowest BCUT2D eigenvalue weighted by Gasteiger charge is -2.29. The second-order valence-electron chi connectivity index (χ2n) is 5.21. The van der Waals surface area contributed by atoms with Crippen molar-refractivity contribution in [3.8, 4) is 0 Å². The molecule has 1 aromatic carbocycles. The molecule has 2 rings (SSSR count). The first kappa shape index (κ1) is 13.0. The monoisotopic (exact) mass is 243 g/mol. The summed E-state index contributed by atoms with van der Waals surface area (Å²) in [5.74, 6) is 0.269. The van der Waals surface area contributed by atoms with Gasteiger partial charge in [0.15, 0.2) is 0 Å². The summed E-state index contributed by atoms with van der Waals surface area (Å²) in [7, 11) is 0. The van der Waals surface area contributed by atoms with E-state index in [0.29, 0.717) is 6.42 Å². The Morgan fingerprint density at radius 2 is 2.00 bits per heavy atom. The highest BCUT2D eigenvalue weighted by atomic mass is 16.1. The van der Waals surface area contributed by atoms with E-state index in [1.807, 2.05) is 6.07 Å². The molecule has 0 aromatic heterocycles. The lowest BCUT2D eigenvalue weighted by Crippen LogP contribution is -2.31. The van der Waals surface area contributed by atoms with Gasteiger partial charge in [-0.1, -0.05) is 35.9 Å². The van der Waals surface area contributed by atoms with E-state index in [0.717, 1.165) is 26.1 Å². The number of rotatable bonds is 4. The van der Waals surface area contributed by atoms with Crippen LogP contribution in [0.1, 0.15) is 32.3 Å². The Bertz CT molecular complexity index is 447. The zero-order valence-corrected chi connectivity index (χ0v) is 11.3. The SMILES string of the molecule is CC(=O)CC1=C(C)CCN(Cc2ccccc2)C1. The molecular formula is C16H21NO. The molecule has 96 valence electrons. The van der Waals surface area contributed by atoms with E-state index in [4.69, 9.17) is 0 Å². The van der Waals surface area contributed by atoms with Crippen molar-refractivity contribution in [1.82, 2.24) is 4.90 Å². The van der Waals surface area contributed by atoms with Crippen LogP contribution in [0.2, 0.25) is 0 Å². The molecule has 0 bridgehead atoms. The van der Waals surface area contributed by atoms with Gasteiger partial charge in [0.05, 0.1) is 0 Å². The number of Topliss-reactive ketones (excluding diaryl/α,β-unsaturated/α-hetero) is 1. The molecule has 0 radical (unpaired) electrons. The van der Waals surface area contributed by atoms with Crippen LogP contribution in [0.25, 0.3) is 0 Å². The maximum atomic E-state index is 11.3. The van der Waals surface area contributed by atoms with E-state index in [2.05, 4.69) is 36.1 Å². The Hall–Kier alpha value is -1.41. The van der Waals surface area contributed by atoms with Crippen molar-refractivity contribution in [3.63, 3.8) is 0 Å². The van der Waals surface area contributed by atoms with Gasteiger partial charge in [0, 0.05) is 26.1 Å². The molecule has 0 unspecified atom stereocenters. The fourth-order valence-electron chi connectivity index (χ4n) is 2.47. The van der Waals surface area contributed by atoms with E-state index in [1.165, 1.54) is 16.7 Å². The first-order chi connectivity index (χ1) is 8.65. The first-order valence-corrected chi connectivity index (χ1v) is 6.58. The van der Waals surface area contributed by atoms with Crippen molar-refractivity contribution < 1.29 is 4.79 Å². The molecule has 1 aliphatic rings. The second-order valence-corrected chi connectivity index (χ2v) is 5.21.